The average Bonchev–Trinajstić information content (AvgIpc) is 3.26. The lowest BCUT2D eigenvalue weighted by molar-refractivity contribution is 0.244. The normalized spacial score (nSPS) is 25.5. The van der Waals surface area contributed by atoms with Gasteiger partial charge >= 0.3 is 0 Å². The van der Waals surface area contributed by atoms with E-state index in [1.807, 2.05) is 30.3 Å². The van der Waals surface area contributed by atoms with E-state index in [1.54, 1.807) is 0 Å². The van der Waals surface area contributed by atoms with Crippen LogP contribution in [0.5, 0.6) is 0 Å². The summed E-state index contributed by atoms with van der Waals surface area (Å²) in [4.78, 5) is 8.00. The van der Waals surface area contributed by atoms with Crippen molar-refractivity contribution in [3.05, 3.63) is 42.5 Å². The van der Waals surface area contributed by atoms with Crippen molar-refractivity contribution in [1.82, 2.24) is 25.1 Å². The van der Waals surface area contributed by atoms with Crippen molar-refractivity contribution in [3.8, 4) is 11.1 Å². The Balaban J connectivity index is 1.53. The van der Waals surface area contributed by atoms with Crippen molar-refractivity contribution in [1.29, 1.82) is 0 Å². The zero-order chi connectivity index (χ0) is 17.7. The number of rotatable bonds is 3. The number of aryl methyl sites for hydroxylation is 1. The molecule has 0 saturated heterocycles. The Bertz CT molecular complexity index is 979. The Kier molecular flexibility index (Phi) is 3.71. The van der Waals surface area contributed by atoms with Crippen LogP contribution in [0.4, 0.5) is 0 Å². The minimum atomic E-state index is 0.680. The Labute approximate surface area is 153 Å². The van der Waals surface area contributed by atoms with Crippen LogP contribution < -0.4 is 5.32 Å². The first kappa shape index (κ1) is 15.8. The van der Waals surface area contributed by atoms with Gasteiger partial charge in [-0.1, -0.05) is 6.08 Å². The molecule has 3 atom stereocenters. The number of fused-ring (bicyclic) bond motifs is 3. The van der Waals surface area contributed by atoms with E-state index in [0.717, 1.165) is 17.1 Å². The second-order valence-corrected chi connectivity index (χ2v) is 7.94. The van der Waals surface area contributed by atoms with E-state index in [9.17, 15) is 0 Å². The highest BCUT2D eigenvalue weighted by Crippen LogP contribution is 2.42. The van der Waals surface area contributed by atoms with Gasteiger partial charge in [0.15, 0.2) is 0 Å². The minimum Gasteiger partial charge on any atom is -0.346 e. The summed E-state index contributed by atoms with van der Waals surface area (Å²) in [7, 11) is 4.05. The molecule has 5 heteroatoms. The fourth-order valence-corrected chi connectivity index (χ4v) is 4.88. The summed E-state index contributed by atoms with van der Waals surface area (Å²) >= 11 is 0. The molecule has 3 aromatic rings. The SMILES string of the molecule is CNC1C[C@H]2C=C(c3cnc4[nH]cc(-c5cnn(C)c5)c4c3)C[C@H](C1)C2. The first-order valence-corrected chi connectivity index (χ1v) is 9.54. The monoisotopic (exact) mass is 347 g/mol. The summed E-state index contributed by atoms with van der Waals surface area (Å²) < 4.78 is 1.84. The zero-order valence-corrected chi connectivity index (χ0v) is 15.4. The number of hydrogen-bond acceptors (Lipinski definition) is 3. The summed E-state index contributed by atoms with van der Waals surface area (Å²) in [5, 5.41) is 8.97. The van der Waals surface area contributed by atoms with Crippen LogP contribution in [0.3, 0.4) is 0 Å². The van der Waals surface area contributed by atoms with Gasteiger partial charge in [0.1, 0.15) is 5.65 Å². The molecule has 2 bridgehead atoms. The number of aromatic amines is 1. The Morgan fingerprint density at radius 1 is 1.19 bits per heavy atom. The summed E-state index contributed by atoms with van der Waals surface area (Å²) in [5.74, 6) is 1.50. The van der Waals surface area contributed by atoms with Crippen LogP contribution in [0.2, 0.25) is 0 Å². The average molecular weight is 347 g/mol. The van der Waals surface area contributed by atoms with Gasteiger partial charge in [-0.15, -0.1) is 0 Å². The second kappa shape index (κ2) is 6.09. The molecule has 1 unspecified atom stereocenters. The lowest BCUT2D eigenvalue weighted by atomic mass is 9.70. The summed E-state index contributed by atoms with van der Waals surface area (Å²) in [5.41, 5.74) is 6.01. The third-order valence-electron chi connectivity index (χ3n) is 6.11. The molecule has 3 heterocycles. The zero-order valence-electron chi connectivity index (χ0n) is 15.4. The molecule has 0 aromatic carbocycles. The topological polar surface area (TPSA) is 58.5 Å². The van der Waals surface area contributed by atoms with E-state index in [0.29, 0.717) is 12.0 Å². The molecule has 2 aliphatic rings. The maximum Gasteiger partial charge on any atom is 0.137 e. The molecule has 5 rings (SSSR count). The third kappa shape index (κ3) is 2.67. The molecule has 1 saturated carbocycles. The van der Waals surface area contributed by atoms with E-state index in [4.69, 9.17) is 4.98 Å². The van der Waals surface area contributed by atoms with E-state index in [2.05, 4.69) is 40.8 Å². The van der Waals surface area contributed by atoms with E-state index in [1.165, 1.54) is 47.8 Å². The Morgan fingerprint density at radius 3 is 2.88 bits per heavy atom. The van der Waals surface area contributed by atoms with Crippen molar-refractivity contribution in [3.63, 3.8) is 0 Å². The maximum absolute atomic E-state index is 4.70. The van der Waals surface area contributed by atoms with Gasteiger partial charge in [-0.2, -0.15) is 5.10 Å². The molecule has 2 aliphatic carbocycles. The predicted octanol–water partition coefficient (Wildman–Crippen LogP) is 3.75. The van der Waals surface area contributed by atoms with Crippen LogP contribution >= 0.6 is 0 Å². The largest absolute Gasteiger partial charge is 0.346 e. The van der Waals surface area contributed by atoms with E-state index in [-0.39, 0.29) is 0 Å². The number of H-pyrrole nitrogens is 1. The number of nitrogens with zero attached hydrogens (tertiary/aromatic N) is 3. The molecule has 1 fully saturated rings. The molecule has 0 aliphatic heterocycles. The van der Waals surface area contributed by atoms with Crippen molar-refractivity contribution >= 4 is 16.6 Å². The van der Waals surface area contributed by atoms with Gasteiger partial charge in [0.05, 0.1) is 6.20 Å². The van der Waals surface area contributed by atoms with Crippen LogP contribution in [-0.2, 0) is 7.05 Å². The van der Waals surface area contributed by atoms with Crippen molar-refractivity contribution in [2.45, 2.75) is 31.7 Å². The van der Waals surface area contributed by atoms with Gasteiger partial charge in [0.25, 0.3) is 0 Å². The quantitative estimate of drug-likeness (QED) is 0.758. The van der Waals surface area contributed by atoms with E-state index >= 15 is 0 Å². The fourth-order valence-electron chi connectivity index (χ4n) is 4.88. The van der Waals surface area contributed by atoms with Gasteiger partial charge in [0.2, 0.25) is 0 Å². The molecule has 2 N–H and O–H groups in total. The minimum absolute atomic E-state index is 0.680. The number of nitrogens with one attached hydrogen (secondary N) is 2. The molecular formula is C21H25N5. The molecule has 5 nitrogen and oxygen atoms in total. The molecule has 0 spiro atoms. The van der Waals surface area contributed by atoms with E-state index < -0.39 is 0 Å². The van der Waals surface area contributed by atoms with Crippen LogP contribution in [0, 0.1) is 11.8 Å². The highest BCUT2D eigenvalue weighted by molar-refractivity contribution is 5.95. The van der Waals surface area contributed by atoms with Gasteiger partial charge in [-0.25, -0.2) is 4.98 Å². The highest BCUT2D eigenvalue weighted by Gasteiger charge is 2.31. The van der Waals surface area contributed by atoms with Gasteiger partial charge in [0, 0.05) is 48.2 Å². The Hall–Kier alpha value is -2.40. The van der Waals surface area contributed by atoms with Crippen molar-refractivity contribution in [2.75, 3.05) is 7.05 Å². The molecular weight excluding hydrogens is 322 g/mol. The fraction of sp³-hybridized carbons (Fsp3) is 0.429. The third-order valence-corrected chi connectivity index (χ3v) is 6.11. The number of allylic oxidation sites excluding steroid dienone is 2. The predicted molar refractivity (Wildman–Crippen MR) is 105 cm³/mol. The van der Waals surface area contributed by atoms with Gasteiger partial charge < -0.3 is 10.3 Å². The second-order valence-electron chi connectivity index (χ2n) is 7.94. The lowest BCUT2D eigenvalue weighted by Crippen LogP contribution is -2.36. The maximum atomic E-state index is 4.70. The number of pyridine rings is 1. The summed E-state index contributed by atoms with van der Waals surface area (Å²) in [6.45, 7) is 0. The van der Waals surface area contributed by atoms with Crippen LogP contribution in [0.1, 0.15) is 31.2 Å². The smallest absolute Gasteiger partial charge is 0.137 e. The van der Waals surface area contributed by atoms with Crippen molar-refractivity contribution in [2.24, 2.45) is 18.9 Å². The lowest BCUT2D eigenvalue weighted by Gasteiger charge is -2.38. The molecule has 26 heavy (non-hydrogen) atoms. The molecule has 0 radical (unpaired) electrons. The first-order chi connectivity index (χ1) is 12.7. The van der Waals surface area contributed by atoms with Crippen molar-refractivity contribution < 1.29 is 0 Å². The Morgan fingerprint density at radius 2 is 2.12 bits per heavy atom. The molecule has 134 valence electrons. The molecule has 3 aromatic heterocycles. The van der Waals surface area contributed by atoms with Crippen LogP contribution in [-0.4, -0.2) is 32.8 Å². The number of aromatic nitrogens is 4. The summed E-state index contributed by atoms with van der Waals surface area (Å²) in [6, 6.07) is 2.99. The first-order valence-electron chi connectivity index (χ1n) is 9.54. The van der Waals surface area contributed by atoms with Gasteiger partial charge in [-0.05, 0) is 61.8 Å². The number of hydrogen-bond donors (Lipinski definition) is 2. The standard InChI is InChI=1S/C21H25N5/c1-22-18-6-13-3-14(7-18)5-15(4-13)16-8-19-20(11-24-21(19)23-9-16)17-10-25-26(2)12-17/h4,8-14,18,22H,3,5-7H2,1-2H3,(H,23,24)/t13-,14-,18?/m1/s1. The van der Waals surface area contributed by atoms with Gasteiger partial charge in [-0.3, -0.25) is 4.68 Å². The van der Waals surface area contributed by atoms with Crippen LogP contribution in [0.15, 0.2) is 36.9 Å². The highest BCUT2D eigenvalue weighted by atomic mass is 15.2. The molecule has 0 amide bonds. The summed E-state index contributed by atoms with van der Waals surface area (Å²) in [6.07, 6.45) is 15.6. The van der Waals surface area contributed by atoms with Crippen LogP contribution in [0.25, 0.3) is 27.7 Å².